The van der Waals surface area contributed by atoms with Crippen molar-refractivity contribution in [3.63, 3.8) is 0 Å². The summed E-state index contributed by atoms with van der Waals surface area (Å²) in [6.07, 6.45) is 0. The van der Waals surface area contributed by atoms with Crippen molar-refractivity contribution in [3.8, 4) is 0 Å². The van der Waals surface area contributed by atoms with E-state index in [-0.39, 0.29) is 17.1 Å². The maximum Gasteiger partial charge on any atom is 0.253 e. The molecular formula is C20H23ClN4O. The van der Waals surface area contributed by atoms with Gasteiger partial charge in [-0.25, -0.2) is 0 Å². The van der Waals surface area contributed by atoms with Gasteiger partial charge in [0.1, 0.15) is 11.0 Å². The van der Waals surface area contributed by atoms with Gasteiger partial charge in [-0.15, -0.1) is 0 Å². The number of rotatable bonds is 2. The van der Waals surface area contributed by atoms with E-state index in [0.717, 1.165) is 10.4 Å². The zero-order chi connectivity index (χ0) is 18.7. The molecular weight excluding hydrogens is 348 g/mol. The Balaban J connectivity index is 1.85. The smallest absolute Gasteiger partial charge is 0.253 e. The van der Waals surface area contributed by atoms with E-state index in [2.05, 4.69) is 11.8 Å². The predicted octanol–water partition coefficient (Wildman–Crippen LogP) is 0.821. The van der Waals surface area contributed by atoms with Crippen molar-refractivity contribution in [3.05, 3.63) is 70.6 Å². The Kier molecular flexibility index (Phi) is 5.38. The first-order valence-electron chi connectivity index (χ1n) is 8.60. The van der Waals surface area contributed by atoms with Gasteiger partial charge in [0, 0.05) is 41.7 Å². The zero-order valence-corrected chi connectivity index (χ0v) is 15.5. The van der Waals surface area contributed by atoms with Gasteiger partial charge in [-0.3, -0.25) is 4.79 Å². The molecule has 0 aromatic heterocycles. The van der Waals surface area contributed by atoms with Gasteiger partial charge in [-0.05, 0) is 19.1 Å². The number of benzene rings is 2. The molecule has 1 heterocycles. The Bertz CT molecular complexity index is 909. The van der Waals surface area contributed by atoms with E-state index in [0.29, 0.717) is 31.0 Å². The van der Waals surface area contributed by atoms with Crippen LogP contribution in [0.1, 0.15) is 17.3 Å². The summed E-state index contributed by atoms with van der Waals surface area (Å²) < 4.78 is 0. The van der Waals surface area contributed by atoms with Crippen molar-refractivity contribution < 1.29 is 4.79 Å². The molecule has 1 aliphatic heterocycles. The predicted molar refractivity (Wildman–Crippen MR) is 105 cm³/mol. The number of carbonyl (C=O) groups is 1. The third-order valence-electron chi connectivity index (χ3n) is 4.71. The number of nitrogens with zero attached hydrogens (tertiary/aromatic N) is 2. The molecule has 0 bridgehead atoms. The van der Waals surface area contributed by atoms with Gasteiger partial charge >= 0.3 is 0 Å². The van der Waals surface area contributed by atoms with Crippen molar-refractivity contribution in [1.29, 1.82) is 0 Å². The summed E-state index contributed by atoms with van der Waals surface area (Å²) in [4.78, 5) is 16.6. The Hall–Kier alpha value is -2.66. The highest BCUT2D eigenvalue weighted by Gasteiger charge is 2.28. The van der Waals surface area contributed by atoms with Crippen LogP contribution in [0, 0.1) is 0 Å². The summed E-state index contributed by atoms with van der Waals surface area (Å²) in [5, 5.41) is 1.76. The van der Waals surface area contributed by atoms with Crippen molar-refractivity contribution in [2.45, 2.75) is 13.0 Å². The second kappa shape index (κ2) is 7.70. The van der Waals surface area contributed by atoms with E-state index in [1.54, 1.807) is 0 Å². The number of halogens is 1. The molecule has 5 nitrogen and oxygen atoms in total. The Morgan fingerprint density at radius 1 is 1.00 bits per heavy atom. The highest BCUT2D eigenvalue weighted by atomic mass is 35.5. The Morgan fingerprint density at radius 2 is 1.62 bits per heavy atom. The molecule has 1 fully saturated rings. The summed E-state index contributed by atoms with van der Waals surface area (Å²) >= 11 is 6.01. The van der Waals surface area contributed by atoms with Crippen LogP contribution in [0.15, 0.2) is 54.6 Å². The summed E-state index contributed by atoms with van der Waals surface area (Å²) in [6.45, 7) is 3.94. The summed E-state index contributed by atoms with van der Waals surface area (Å²) in [5.74, 6) is 0.679. The SMILES string of the molecule is CC1CN(C(=O)c2ccccc2)CCN1/C(N)=c1\cccc\c1=C(\N)Cl. The molecule has 2 aromatic carbocycles. The van der Waals surface area contributed by atoms with E-state index in [1.165, 1.54) is 0 Å². The van der Waals surface area contributed by atoms with Crippen LogP contribution in [0.4, 0.5) is 0 Å². The number of carbonyl (C=O) groups excluding carboxylic acids is 1. The quantitative estimate of drug-likeness (QED) is 0.767. The molecule has 0 radical (unpaired) electrons. The average Bonchev–Trinajstić information content (AvgIpc) is 2.67. The van der Waals surface area contributed by atoms with Crippen LogP contribution in [0.3, 0.4) is 0 Å². The van der Waals surface area contributed by atoms with Gasteiger partial charge in [-0.2, -0.15) is 0 Å². The first kappa shape index (κ1) is 18.1. The fourth-order valence-electron chi connectivity index (χ4n) is 3.33. The average molecular weight is 371 g/mol. The minimum atomic E-state index is 0.0504. The molecule has 1 amide bonds. The number of nitrogens with two attached hydrogens (primary N) is 2. The van der Waals surface area contributed by atoms with Gasteiger partial charge in [0.2, 0.25) is 0 Å². The van der Waals surface area contributed by atoms with E-state index < -0.39 is 0 Å². The lowest BCUT2D eigenvalue weighted by atomic mass is 10.1. The summed E-state index contributed by atoms with van der Waals surface area (Å²) in [6, 6.07) is 17.0. The molecule has 3 rings (SSSR count). The van der Waals surface area contributed by atoms with Crippen LogP contribution in [0.25, 0.3) is 11.0 Å². The summed E-state index contributed by atoms with van der Waals surface area (Å²) in [7, 11) is 0. The monoisotopic (exact) mass is 370 g/mol. The third kappa shape index (κ3) is 3.63. The Labute approximate surface area is 158 Å². The van der Waals surface area contributed by atoms with E-state index in [1.807, 2.05) is 59.5 Å². The molecule has 6 heteroatoms. The minimum Gasteiger partial charge on any atom is -0.389 e. The molecule has 1 unspecified atom stereocenters. The maximum atomic E-state index is 12.7. The highest BCUT2D eigenvalue weighted by molar-refractivity contribution is 6.44. The molecule has 1 aliphatic rings. The number of hydrogen-bond donors (Lipinski definition) is 2. The van der Waals surface area contributed by atoms with Crippen LogP contribution in [0.5, 0.6) is 0 Å². The molecule has 26 heavy (non-hydrogen) atoms. The molecule has 0 aliphatic carbocycles. The number of hydrogen-bond acceptors (Lipinski definition) is 4. The zero-order valence-electron chi connectivity index (χ0n) is 14.7. The van der Waals surface area contributed by atoms with Crippen LogP contribution >= 0.6 is 11.6 Å². The Morgan fingerprint density at radius 3 is 2.23 bits per heavy atom. The van der Waals surface area contributed by atoms with Crippen LogP contribution in [-0.4, -0.2) is 41.4 Å². The van der Waals surface area contributed by atoms with E-state index in [4.69, 9.17) is 23.1 Å². The van der Waals surface area contributed by atoms with Crippen molar-refractivity contribution in [2.75, 3.05) is 19.6 Å². The van der Waals surface area contributed by atoms with Gasteiger partial charge in [-0.1, -0.05) is 54.1 Å². The van der Waals surface area contributed by atoms with Crippen LogP contribution in [0.2, 0.25) is 0 Å². The fourth-order valence-corrected chi connectivity index (χ4v) is 3.50. The van der Waals surface area contributed by atoms with Gasteiger partial charge in [0.15, 0.2) is 0 Å². The minimum absolute atomic E-state index is 0.0504. The van der Waals surface area contributed by atoms with E-state index >= 15 is 0 Å². The van der Waals surface area contributed by atoms with Crippen molar-refractivity contribution in [2.24, 2.45) is 11.5 Å². The lowest BCUT2D eigenvalue weighted by Gasteiger charge is -2.41. The first-order chi connectivity index (χ1) is 12.5. The van der Waals surface area contributed by atoms with Crippen LogP contribution < -0.4 is 21.9 Å². The first-order valence-corrected chi connectivity index (χ1v) is 8.98. The largest absolute Gasteiger partial charge is 0.389 e. The topological polar surface area (TPSA) is 75.6 Å². The van der Waals surface area contributed by atoms with Gasteiger partial charge in [0.25, 0.3) is 5.91 Å². The fraction of sp³-hybridized carbons (Fsp3) is 0.250. The van der Waals surface area contributed by atoms with Gasteiger partial charge < -0.3 is 21.3 Å². The number of piperazine rings is 1. The molecule has 0 spiro atoms. The molecule has 4 N–H and O–H groups in total. The third-order valence-corrected chi connectivity index (χ3v) is 4.91. The maximum absolute atomic E-state index is 12.7. The summed E-state index contributed by atoms with van der Waals surface area (Å²) in [5.41, 5.74) is 12.9. The van der Waals surface area contributed by atoms with Crippen LogP contribution in [-0.2, 0) is 0 Å². The van der Waals surface area contributed by atoms with Crippen molar-refractivity contribution >= 4 is 28.5 Å². The molecule has 1 atom stereocenters. The van der Waals surface area contributed by atoms with Crippen molar-refractivity contribution in [1.82, 2.24) is 9.80 Å². The molecule has 136 valence electrons. The standard InChI is InChI=1S/C20H23ClN4O/c1-14-13-24(20(26)15-7-3-2-4-8-15)11-12-25(14)19(23)17-10-6-5-9-16(17)18(21)22/h2-10,14H,11-13,22-23H2,1H3/b18-16-,19-17+. The highest BCUT2D eigenvalue weighted by Crippen LogP contribution is 2.15. The van der Waals surface area contributed by atoms with Gasteiger partial charge in [0.05, 0.1) is 0 Å². The van der Waals surface area contributed by atoms with E-state index in [9.17, 15) is 4.79 Å². The molecule has 2 aromatic rings. The molecule has 0 saturated carbocycles. The second-order valence-corrected chi connectivity index (χ2v) is 6.85. The second-order valence-electron chi connectivity index (χ2n) is 6.44. The lowest BCUT2D eigenvalue weighted by molar-refractivity contribution is 0.0614. The molecule has 1 saturated heterocycles. The number of amides is 1. The lowest BCUT2D eigenvalue weighted by Crippen LogP contribution is -2.55. The normalized spacial score (nSPS) is 19.8.